The Morgan fingerprint density at radius 1 is 1.11 bits per heavy atom. The monoisotopic (exact) mass is 533 g/mol. The number of anilines is 1. The van der Waals surface area contributed by atoms with Gasteiger partial charge >= 0.3 is 12.4 Å². The lowest BCUT2D eigenvalue weighted by molar-refractivity contribution is -0.145. The van der Waals surface area contributed by atoms with Gasteiger partial charge in [0.25, 0.3) is 0 Å². The van der Waals surface area contributed by atoms with E-state index in [0.29, 0.717) is 18.9 Å². The van der Waals surface area contributed by atoms with Crippen LogP contribution in [-0.2, 0) is 27.0 Å². The number of benzene rings is 1. The largest absolute Gasteiger partial charge is 0.451 e. The number of hydrogen-bond acceptors (Lipinski definition) is 7. The van der Waals surface area contributed by atoms with Gasteiger partial charge in [0.05, 0.1) is 21.8 Å². The fraction of sp³-hybridized carbons (Fsp3) is 0.429. The Morgan fingerprint density at radius 3 is 2.36 bits per heavy atom. The van der Waals surface area contributed by atoms with Gasteiger partial charge in [-0.3, -0.25) is 4.79 Å². The first-order valence-corrected chi connectivity index (χ1v) is 12.0. The summed E-state index contributed by atoms with van der Waals surface area (Å²) in [6.07, 6.45) is -9.03. The second kappa shape index (κ2) is 8.61. The number of carbonyl (C=O) groups excluding carboxylic acids is 1. The number of nitrogens with zero attached hydrogens (tertiary/aromatic N) is 4. The molecule has 2 aromatic rings. The molecule has 1 aromatic carbocycles. The van der Waals surface area contributed by atoms with Crippen molar-refractivity contribution in [3.63, 3.8) is 0 Å². The number of sulfone groups is 1. The predicted octanol–water partition coefficient (Wildman–Crippen LogP) is 3.11. The summed E-state index contributed by atoms with van der Waals surface area (Å²) in [6.45, 7) is -0.611. The summed E-state index contributed by atoms with van der Waals surface area (Å²) in [6, 6.07) is 5.07. The van der Waals surface area contributed by atoms with E-state index >= 15 is 0 Å². The number of rotatable bonds is 5. The van der Waals surface area contributed by atoms with Crippen molar-refractivity contribution in [2.45, 2.75) is 53.3 Å². The Balaban J connectivity index is 1.74. The van der Waals surface area contributed by atoms with E-state index < -0.39 is 80.0 Å². The van der Waals surface area contributed by atoms with Crippen LogP contribution in [0, 0.1) is 11.3 Å². The molecule has 2 heterocycles. The van der Waals surface area contributed by atoms with Crippen LogP contribution >= 0.6 is 0 Å². The van der Waals surface area contributed by atoms with Gasteiger partial charge in [0.1, 0.15) is 17.4 Å². The van der Waals surface area contributed by atoms with Gasteiger partial charge in [-0.1, -0.05) is 12.1 Å². The van der Waals surface area contributed by atoms with Gasteiger partial charge < -0.3 is 10.2 Å². The third-order valence-corrected chi connectivity index (χ3v) is 8.21. The summed E-state index contributed by atoms with van der Waals surface area (Å²) in [4.78, 5) is 19.5. The second-order valence-corrected chi connectivity index (χ2v) is 10.7. The standard InChI is InChI=1S/C21H17F6N5O3S/c22-20(23,24)13-3-1-2-4-15(13)36(34,35)12-9-14(17(33)31-19(11-28)6-7-19)32(10-12)16-5-8-29-18(30-16)21(25,26)27/h1-5,8,12,14H,6-7,9-10H2,(H,31,33). The Hall–Kier alpha value is -3.41. The summed E-state index contributed by atoms with van der Waals surface area (Å²) >= 11 is 0. The zero-order valence-electron chi connectivity index (χ0n) is 18.1. The third-order valence-electron chi connectivity index (χ3n) is 6.02. The van der Waals surface area contributed by atoms with Crippen LogP contribution in [0.15, 0.2) is 41.4 Å². The van der Waals surface area contributed by atoms with Gasteiger partial charge in [0, 0.05) is 12.7 Å². The van der Waals surface area contributed by atoms with Gasteiger partial charge in [-0.25, -0.2) is 18.4 Å². The molecule has 1 saturated heterocycles. The molecule has 36 heavy (non-hydrogen) atoms. The van der Waals surface area contributed by atoms with Gasteiger partial charge in [-0.2, -0.15) is 31.6 Å². The van der Waals surface area contributed by atoms with Crippen LogP contribution in [0.4, 0.5) is 32.2 Å². The van der Waals surface area contributed by atoms with Crippen molar-refractivity contribution in [1.29, 1.82) is 5.26 Å². The third kappa shape index (κ3) is 4.81. The summed E-state index contributed by atoms with van der Waals surface area (Å²) in [7, 11) is -4.70. The van der Waals surface area contributed by atoms with Crippen LogP contribution in [0.25, 0.3) is 0 Å². The van der Waals surface area contributed by atoms with Gasteiger partial charge in [-0.15, -0.1) is 0 Å². The van der Waals surface area contributed by atoms with Crippen molar-refractivity contribution in [2.24, 2.45) is 0 Å². The summed E-state index contributed by atoms with van der Waals surface area (Å²) in [5.41, 5.74) is -2.57. The number of carbonyl (C=O) groups is 1. The minimum atomic E-state index is -4.99. The summed E-state index contributed by atoms with van der Waals surface area (Å²) in [5, 5.41) is 10.2. The molecule has 192 valence electrons. The molecule has 2 aliphatic rings. The van der Waals surface area contributed by atoms with Crippen LogP contribution in [0.3, 0.4) is 0 Å². The van der Waals surface area contributed by atoms with E-state index in [4.69, 9.17) is 0 Å². The fourth-order valence-electron chi connectivity index (χ4n) is 4.01. The van der Waals surface area contributed by atoms with Gasteiger partial charge in [0.15, 0.2) is 9.84 Å². The zero-order chi connectivity index (χ0) is 26.5. The van der Waals surface area contributed by atoms with E-state index in [1.165, 1.54) is 0 Å². The lowest BCUT2D eigenvalue weighted by Crippen LogP contribution is -2.48. The molecule has 8 nitrogen and oxygen atoms in total. The number of halogens is 6. The average Bonchev–Trinajstić information content (AvgIpc) is 3.43. The summed E-state index contributed by atoms with van der Waals surface area (Å²) < 4.78 is 107. The highest BCUT2D eigenvalue weighted by Gasteiger charge is 2.51. The number of nitriles is 1. The highest BCUT2D eigenvalue weighted by Crippen LogP contribution is 2.40. The first kappa shape index (κ1) is 25.7. The summed E-state index contributed by atoms with van der Waals surface area (Å²) in [5.74, 6) is -2.81. The highest BCUT2D eigenvalue weighted by molar-refractivity contribution is 7.92. The Morgan fingerprint density at radius 2 is 1.78 bits per heavy atom. The van der Waals surface area contributed by atoms with Crippen molar-refractivity contribution in [2.75, 3.05) is 11.4 Å². The van der Waals surface area contributed by atoms with Crippen LogP contribution in [0.2, 0.25) is 0 Å². The minimum Gasteiger partial charge on any atom is -0.343 e. The molecule has 1 aliphatic carbocycles. The van der Waals surface area contributed by atoms with Crippen molar-refractivity contribution < 1.29 is 39.6 Å². The topological polar surface area (TPSA) is 116 Å². The predicted molar refractivity (Wildman–Crippen MR) is 111 cm³/mol. The molecular weight excluding hydrogens is 516 g/mol. The molecule has 1 N–H and O–H groups in total. The molecule has 15 heteroatoms. The van der Waals surface area contributed by atoms with Crippen molar-refractivity contribution in [3.05, 3.63) is 47.9 Å². The average molecular weight is 533 g/mol. The molecular formula is C21H17F6N5O3S. The van der Waals surface area contributed by atoms with Crippen LogP contribution in [0.5, 0.6) is 0 Å². The molecule has 0 bridgehead atoms. The Labute approximate surface area is 200 Å². The van der Waals surface area contributed by atoms with Crippen LogP contribution in [-0.4, -0.2) is 47.7 Å². The van der Waals surface area contributed by atoms with E-state index in [-0.39, 0.29) is 0 Å². The van der Waals surface area contributed by atoms with E-state index in [2.05, 4.69) is 15.3 Å². The number of hydrogen-bond donors (Lipinski definition) is 1. The smallest absolute Gasteiger partial charge is 0.343 e. The van der Waals surface area contributed by atoms with Crippen molar-refractivity contribution in [1.82, 2.24) is 15.3 Å². The minimum absolute atomic E-state index is 0.328. The Bertz CT molecular complexity index is 1330. The lowest BCUT2D eigenvalue weighted by Gasteiger charge is -2.26. The second-order valence-electron chi connectivity index (χ2n) is 8.48. The molecule has 0 radical (unpaired) electrons. The first-order valence-electron chi connectivity index (χ1n) is 10.5. The fourth-order valence-corrected chi connectivity index (χ4v) is 5.92. The molecule has 1 amide bonds. The maximum absolute atomic E-state index is 13.5. The number of amides is 1. The molecule has 2 fully saturated rings. The van der Waals surface area contributed by atoms with Crippen LogP contribution in [0.1, 0.15) is 30.7 Å². The number of aromatic nitrogens is 2. The number of nitrogens with one attached hydrogen (secondary N) is 1. The zero-order valence-corrected chi connectivity index (χ0v) is 19.0. The van der Waals surface area contributed by atoms with Gasteiger partial charge in [0.2, 0.25) is 11.7 Å². The number of alkyl halides is 6. The Kier molecular flexibility index (Phi) is 6.14. The maximum Gasteiger partial charge on any atom is 0.451 e. The maximum atomic E-state index is 13.5. The van der Waals surface area contributed by atoms with E-state index in [1.54, 1.807) is 0 Å². The molecule has 0 spiro atoms. The van der Waals surface area contributed by atoms with E-state index in [1.807, 2.05) is 6.07 Å². The quantitative estimate of drug-likeness (QED) is 0.588. The first-order chi connectivity index (χ1) is 16.7. The molecule has 2 unspecified atom stereocenters. The molecule has 1 aliphatic heterocycles. The van der Waals surface area contributed by atoms with Crippen molar-refractivity contribution >= 4 is 21.6 Å². The van der Waals surface area contributed by atoms with E-state index in [0.717, 1.165) is 35.4 Å². The van der Waals surface area contributed by atoms with Crippen LogP contribution < -0.4 is 10.2 Å². The molecule has 4 rings (SSSR count). The van der Waals surface area contributed by atoms with Crippen molar-refractivity contribution in [3.8, 4) is 6.07 Å². The van der Waals surface area contributed by atoms with E-state index in [9.17, 15) is 44.8 Å². The lowest BCUT2D eigenvalue weighted by atomic mass is 10.1. The molecule has 2 atom stereocenters. The highest BCUT2D eigenvalue weighted by atomic mass is 32.2. The molecule has 1 saturated carbocycles. The normalized spacial score (nSPS) is 21.6. The molecule has 1 aromatic heterocycles. The SMILES string of the molecule is N#CC1(NC(=O)C2CC(S(=O)(=O)c3ccccc3C(F)(F)F)CN2c2ccnc(C(F)(F)F)n2)CC1. The van der Waals surface area contributed by atoms with Gasteiger partial charge in [-0.05, 0) is 37.5 Å².